The summed E-state index contributed by atoms with van der Waals surface area (Å²) in [5.41, 5.74) is -3.03. The summed E-state index contributed by atoms with van der Waals surface area (Å²) in [6.07, 6.45) is 14.3. The van der Waals surface area contributed by atoms with Gasteiger partial charge in [0.1, 0.15) is 22.4 Å². The smallest absolute Gasteiger partial charge is 0.114 e. The number of aliphatic hydroxyl groups is 2. The number of ether oxygens (including phenoxy) is 1. The third kappa shape index (κ3) is 1.90. The molecule has 0 aromatic heterocycles. The van der Waals surface area contributed by atoms with Gasteiger partial charge in [-0.2, -0.15) is 0 Å². The summed E-state index contributed by atoms with van der Waals surface area (Å²) in [6.45, 7) is 8.12. The minimum absolute atomic E-state index is 0.270. The van der Waals surface area contributed by atoms with Crippen molar-refractivity contribution in [2.75, 3.05) is 0 Å². The largest absolute Gasteiger partial charge is 0.382 e. The molecule has 0 aromatic carbocycles. The van der Waals surface area contributed by atoms with Crippen LogP contribution in [-0.4, -0.2) is 32.6 Å². The standard InChI is InChI=1S/C24H34O3/c1-3-23(25)19-7-15-5-16(8-19)12-21(23,11-15)27-22-13-17-6-18(14-22)10-20(9-17)24(22,26)4-2/h3-4,15-20,25-26H,1-2,5-14H2. The summed E-state index contributed by atoms with van der Waals surface area (Å²) in [6, 6.07) is 0. The van der Waals surface area contributed by atoms with Crippen LogP contribution in [0.1, 0.15) is 64.2 Å². The molecule has 0 spiro atoms. The second-order valence-corrected chi connectivity index (χ2v) is 11.2. The maximum Gasteiger partial charge on any atom is 0.114 e. The molecule has 0 radical (unpaired) electrons. The Labute approximate surface area is 162 Å². The van der Waals surface area contributed by atoms with Gasteiger partial charge < -0.3 is 14.9 Å². The zero-order valence-corrected chi connectivity index (χ0v) is 16.4. The van der Waals surface area contributed by atoms with Crippen LogP contribution in [0.5, 0.6) is 0 Å². The van der Waals surface area contributed by atoms with Crippen molar-refractivity contribution in [3.8, 4) is 0 Å². The quantitative estimate of drug-likeness (QED) is 0.736. The first-order valence-corrected chi connectivity index (χ1v) is 11.3. The van der Waals surface area contributed by atoms with Gasteiger partial charge in [0.05, 0.1) is 0 Å². The van der Waals surface area contributed by atoms with Crippen LogP contribution in [0.25, 0.3) is 0 Å². The molecule has 8 bridgehead atoms. The number of hydrogen-bond acceptors (Lipinski definition) is 3. The van der Waals surface area contributed by atoms with Crippen LogP contribution in [-0.2, 0) is 4.74 Å². The van der Waals surface area contributed by atoms with Crippen LogP contribution in [0.2, 0.25) is 0 Å². The van der Waals surface area contributed by atoms with Gasteiger partial charge in [-0.05, 0) is 99.7 Å². The normalized spacial score (nSPS) is 62.7. The predicted molar refractivity (Wildman–Crippen MR) is 104 cm³/mol. The molecule has 0 amide bonds. The monoisotopic (exact) mass is 370 g/mol. The van der Waals surface area contributed by atoms with E-state index in [4.69, 9.17) is 4.74 Å². The molecule has 6 unspecified atom stereocenters. The van der Waals surface area contributed by atoms with E-state index in [-0.39, 0.29) is 11.8 Å². The molecule has 0 aromatic rings. The third-order valence-electron chi connectivity index (χ3n) is 10.00. The van der Waals surface area contributed by atoms with E-state index >= 15 is 0 Å². The van der Waals surface area contributed by atoms with E-state index in [1.807, 2.05) is 0 Å². The van der Waals surface area contributed by atoms with Gasteiger partial charge in [0.25, 0.3) is 0 Å². The Hall–Kier alpha value is -0.640. The summed E-state index contributed by atoms with van der Waals surface area (Å²) in [7, 11) is 0. The number of rotatable bonds is 4. The van der Waals surface area contributed by atoms with E-state index < -0.39 is 22.4 Å². The summed E-state index contributed by atoms with van der Waals surface area (Å²) < 4.78 is 7.22. The molecule has 8 rings (SSSR count). The van der Waals surface area contributed by atoms with Crippen LogP contribution in [0, 0.1) is 35.5 Å². The van der Waals surface area contributed by atoms with Gasteiger partial charge in [-0.1, -0.05) is 12.2 Å². The Morgan fingerprint density at radius 3 is 1.26 bits per heavy atom. The van der Waals surface area contributed by atoms with Gasteiger partial charge in [0, 0.05) is 0 Å². The minimum Gasteiger partial charge on any atom is -0.382 e. The first kappa shape index (κ1) is 17.2. The fraction of sp³-hybridized carbons (Fsp3) is 0.833. The first-order valence-electron chi connectivity index (χ1n) is 11.3. The highest BCUT2D eigenvalue weighted by Gasteiger charge is 2.71. The molecule has 8 saturated carbocycles. The molecule has 3 nitrogen and oxygen atoms in total. The Balaban J connectivity index is 1.45. The Morgan fingerprint density at radius 2 is 0.963 bits per heavy atom. The van der Waals surface area contributed by atoms with Crippen molar-refractivity contribution in [2.45, 2.75) is 86.6 Å². The molecular weight excluding hydrogens is 336 g/mol. The second kappa shape index (κ2) is 5.09. The maximum absolute atomic E-state index is 11.8. The van der Waals surface area contributed by atoms with Crippen LogP contribution >= 0.6 is 0 Å². The highest BCUT2D eigenvalue weighted by atomic mass is 16.6. The Kier molecular flexibility index (Phi) is 3.25. The average molecular weight is 371 g/mol. The highest BCUT2D eigenvalue weighted by Crippen LogP contribution is 2.68. The lowest BCUT2D eigenvalue weighted by molar-refractivity contribution is -0.358. The van der Waals surface area contributed by atoms with Gasteiger partial charge >= 0.3 is 0 Å². The maximum atomic E-state index is 11.8. The summed E-state index contributed by atoms with van der Waals surface area (Å²) in [5, 5.41) is 23.7. The topological polar surface area (TPSA) is 49.7 Å². The third-order valence-corrected chi connectivity index (χ3v) is 10.00. The van der Waals surface area contributed by atoms with Gasteiger partial charge in [-0.25, -0.2) is 0 Å². The molecule has 6 atom stereocenters. The van der Waals surface area contributed by atoms with Crippen molar-refractivity contribution < 1.29 is 14.9 Å². The average Bonchev–Trinajstić information content (AvgIpc) is 2.62. The van der Waals surface area contributed by atoms with Crippen molar-refractivity contribution in [3.05, 3.63) is 25.3 Å². The Morgan fingerprint density at radius 1 is 0.630 bits per heavy atom. The molecule has 0 aliphatic heterocycles. The molecule has 2 N–H and O–H groups in total. The zero-order valence-electron chi connectivity index (χ0n) is 16.4. The lowest BCUT2D eigenvalue weighted by Gasteiger charge is -2.70. The van der Waals surface area contributed by atoms with Crippen LogP contribution in [0.4, 0.5) is 0 Å². The molecule has 3 heteroatoms. The summed E-state index contributed by atoms with van der Waals surface area (Å²) in [5.74, 6) is 3.18. The highest BCUT2D eigenvalue weighted by molar-refractivity contribution is 5.28. The van der Waals surface area contributed by atoms with E-state index in [2.05, 4.69) is 13.2 Å². The van der Waals surface area contributed by atoms with E-state index in [1.54, 1.807) is 12.2 Å². The lowest BCUT2D eigenvalue weighted by atomic mass is 9.45. The fourth-order valence-electron chi connectivity index (χ4n) is 9.35. The van der Waals surface area contributed by atoms with Gasteiger partial charge in [0.2, 0.25) is 0 Å². The molecule has 148 valence electrons. The SMILES string of the molecule is C=CC1(O)C2CC3CC(C2)CC1(OC12CC4CC(CC(C4)C1(O)C=C)C2)C3. The Bertz CT molecular complexity index is 614. The predicted octanol–water partition coefficient (Wildman–Crippen LogP) is 3.99. The molecule has 0 saturated heterocycles. The van der Waals surface area contributed by atoms with Crippen molar-refractivity contribution in [1.82, 2.24) is 0 Å². The fourth-order valence-corrected chi connectivity index (χ4v) is 9.35. The van der Waals surface area contributed by atoms with Gasteiger partial charge in [0.15, 0.2) is 0 Å². The minimum atomic E-state index is -0.953. The zero-order chi connectivity index (χ0) is 18.7. The summed E-state index contributed by atoms with van der Waals surface area (Å²) >= 11 is 0. The van der Waals surface area contributed by atoms with E-state index in [0.29, 0.717) is 23.7 Å². The van der Waals surface area contributed by atoms with Crippen LogP contribution < -0.4 is 0 Å². The molecular formula is C24H34O3. The van der Waals surface area contributed by atoms with E-state index in [9.17, 15) is 10.2 Å². The number of hydrogen-bond donors (Lipinski definition) is 2. The molecule has 0 heterocycles. The summed E-state index contributed by atoms with van der Waals surface area (Å²) in [4.78, 5) is 0. The van der Waals surface area contributed by atoms with E-state index in [1.165, 1.54) is 12.8 Å². The van der Waals surface area contributed by atoms with Crippen LogP contribution in [0.15, 0.2) is 25.3 Å². The van der Waals surface area contributed by atoms with E-state index in [0.717, 1.165) is 51.4 Å². The van der Waals surface area contributed by atoms with Crippen molar-refractivity contribution in [2.24, 2.45) is 35.5 Å². The second-order valence-electron chi connectivity index (χ2n) is 11.2. The first-order chi connectivity index (χ1) is 12.9. The lowest BCUT2D eigenvalue weighted by Crippen LogP contribution is -2.76. The molecule has 27 heavy (non-hydrogen) atoms. The molecule has 8 fully saturated rings. The molecule has 8 aliphatic carbocycles. The van der Waals surface area contributed by atoms with Gasteiger partial charge in [-0.3, -0.25) is 0 Å². The van der Waals surface area contributed by atoms with Crippen LogP contribution in [0.3, 0.4) is 0 Å². The molecule has 8 aliphatic rings. The van der Waals surface area contributed by atoms with Gasteiger partial charge in [-0.15, -0.1) is 13.2 Å². The van der Waals surface area contributed by atoms with Crippen molar-refractivity contribution in [1.29, 1.82) is 0 Å². The van der Waals surface area contributed by atoms with Crippen molar-refractivity contribution in [3.63, 3.8) is 0 Å². The van der Waals surface area contributed by atoms with Crippen molar-refractivity contribution >= 4 is 0 Å².